The first-order valence-corrected chi connectivity index (χ1v) is 11.9. The number of carbonyl (C=O) groups is 2. The Morgan fingerprint density at radius 1 is 0.933 bits per heavy atom. The summed E-state index contributed by atoms with van der Waals surface area (Å²) in [5.41, 5.74) is 0.689. The highest BCUT2D eigenvalue weighted by Gasteiger charge is 2.33. The molecule has 30 heavy (non-hydrogen) atoms. The lowest BCUT2D eigenvalue weighted by Crippen LogP contribution is -2.43. The topological polar surface area (TPSA) is 55.8 Å². The molecule has 3 aliphatic rings. The molecular formula is C25H35NO4. The monoisotopic (exact) mass is 413 g/mol. The van der Waals surface area contributed by atoms with Crippen molar-refractivity contribution in [3.05, 3.63) is 23.8 Å². The molecule has 0 unspecified atom stereocenters. The van der Waals surface area contributed by atoms with Gasteiger partial charge < -0.3 is 14.4 Å². The number of likely N-dealkylation sites (tertiary alicyclic amines) is 1. The van der Waals surface area contributed by atoms with E-state index in [1.54, 1.807) is 0 Å². The first kappa shape index (κ1) is 21.2. The Bertz CT molecular complexity index is 746. The van der Waals surface area contributed by atoms with Gasteiger partial charge in [0, 0.05) is 30.5 Å². The third-order valence-electron chi connectivity index (χ3n) is 7.17. The number of hydrogen-bond acceptors (Lipinski definition) is 4. The SMILES string of the molecule is CCCCC1CCC(C(=O)N2CCC(C(=O)c3ccc4c(c3)OCCO4)CC2)CC1. The summed E-state index contributed by atoms with van der Waals surface area (Å²) in [6.07, 6.45) is 9.91. The van der Waals surface area contributed by atoms with Gasteiger partial charge in [0.25, 0.3) is 0 Å². The summed E-state index contributed by atoms with van der Waals surface area (Å²) >= 11 is 0. The van der Waals surface area contributed by atoms with Crippen molar-refractivity contribution in [2.24, 2.45) is 17.8 Å². The number of carbonyl (C=O) groups excluding carboxylic acids is 2. The number of ether oxygens (including phenoxy) is 2. The van der Waals surface area contributed by atoms with Crippen LogP contribution in [0.4, 0.5) is 0 Å². The molecule has 1 aromatic rings. The van der Waals surface area contributed by atoms with Crippen LogP contribution in [0.1, 0.15) is 75.1 Å². The first-order chi connectivity index (χ1) is 14.7. The molecule has 5 heteroatoms. The molecule has 0 spiro atoms. The Kier molecular flexibility index (Phi) is 6.96. The standard InChI is InChI=1S/C25H35NO4/c1-2-3-4-18-5-7-20(8-6-18)25(28)26-13-11-19(12-14-26)24(27)21-9-10-22-23(17-21)30-16-15-29-22/h9-10,17-20H,2-8,11-16H2,1H3. The van der Waals surface area contributed by atoms with Crippen molar-refractivity contribution in [1.82, 2.24) is 4.90 Å². The minimum Gasteiger partial charge on any atom is -0.486 e. The summed E-state index contributed by atoms with van der Waals surface area (Å²) < 4.78 is 11.2. The highest BCUT2D eigenvalue weighted by molar-refractivity contribution is 5.98. The normalized spacial score (nSPS) is 24.5. The molecule has 0 aromatic heterocycles. The van der Waals surface area contributed by atoms with E-state index in [0.29, 0.717) is 49.3 Å². The zero-order valence-corrected chi connectivity index (χ0v) is 18.2. The van der Waals surface area contributed by atoms with Crippen LogP contribution < -0.4 is 9.47 Å². The fourth-order valence-corrected chi connectivity index (χ4v) is 5.24. The number of unbranched alkanes of at least 4 members (excludes halogenated alkanes) is 1. The zero-order chi connectivity index (χ0) is 20.9. The molecule has 1 amide bonds. The number of piperidine rings is 1. The van der Waals surface area contributed by atoms with Crippen molar-refractivity contribution in [3.8, 4) is 11.5 Å². The summed E-state index contributed by atoms with van der Waals surface area (Å²) in [5.74, 6) is 2.87. The van der Waals surface area contributed by atoms with Crippen LogP contribution in [0.25, 0.3) is 0 Å². The summed E-state index contributed by atoms with van der Waals surface area (Å²) in [7, 11) is 0. The fourth-order valence-electron chi connectivity index (χ4n) is 5.24. The molecule has 1 aromatic carbocycles. The maximum absolute atomic E-state index is 13.0. The summed E-state index contributed by atoms with van der Waals surface area (Å²) in [4.78, 5) is 28.0. The molecule has 1 saturated carbocycles. The lowest BCUT2D eigenvalue weighted by molar-refractivity contribution is -0.138. The molecule has 164 valence electrons. The predicted molar refractivity (Wildman–Crippen MR) is 116 cm³/mol. The van der Waals surface area contributed by atoms with Gasteiger partial charge in [-0.2, -0.15) is 0 Å². The second kappa shape index (κ2) is 9.84. The summed E-state index contributed by atoms with van der Waals surface area (Å²) in [5, 5.41) is 0. The highest BCUT2D eigenvalue weighted by Crippen LogP contribution is 2.35. The van der Waals surface area contributed by atoms with E-state index in [9.17, 15) is 9.59 Å². The first-order valence-electron chi connectivity index (χ1n) is 11.9. The summed E-state index contributed by atoms with van der Waals surface area (Å²) in [6.45, 7) is 4.72. The van der Waals surface area contributed by atoms with E-state index >= 15 is 0 Å². The molecule has 1 aliphatic carbocycles. The van der Waals surface area contributed by atoms with Crippen molar-refractivity contribution in [2.45, 2.75) is 64.7 Å². The zero-order valence-electron chi connectivity index (χ0n) is 18.2. The number of fused-ring (bicyclic) bond motifs is 1. The van der Waals surface area contributed by atoms with Crippen LogP contribution in [0.5, 0.6) is 11.5 Å². The van der Waals surface area contributed by atoms with Crippen molar-refractivity contribution >= 4 is 11.7 Å². The van der Waals surface area contributed by atoms with E-state index < -0.39 is 0 Å². The number of rotatable bonds is 6. The molecule has 4 rings (SSSR count). The van der Waals surface area contributed by atoms with E-state index in [1.807, 2.05) is 23.1 Å². The average Bonchev–Trinajstić information content (AvgIpc) is 2.82. The van der Waals surface area contributed by atoms with E-state index in [0.717, 1.165) is 31.6 Å². The van der Waals surface area contributed by atoms with Gasteiger partial charge in [0.2, 0.25) is 5.91 Å². The molecule has 0 radical (unpaired) electrons. The predicted octanol–water partition coefficient (Wildman–Crippen LogP) is 4.88. The Labute approximate surface area is 180 Å². The van der Waals surface area contributed by atoms with Crippen molar-refractivity contribution in [2.75, 3.05) is 26.3 Å². The van der Waals surface area contributed by atoms with Gasteiger partial charge in [-0.05, 0) is 62.6 Å². The van der Waals surface area contributed by atoms with Gasteiger partial charge in [0.1, 0.15) is 13.2 Å². The second-order valence-corrected chi connectivity index (χ2v) is 9.18. The van der Waals surface area contributed by atoms with Crippen LogP contribution in [0.3, 0.4) is 0 Å². The molecule has 5 nitrogen and oxygen atoms in total. The number of ketones is 1. The Morgan fingerprint density at radius 2 is 1.63 bits per heavy atom. The molecular weight excluding hydrogens is 378 g/mol. The average molecular weight is 414 g/mol. The van der Waals surface area contributed by atoms with Crippen LogP contribution in [0.2, 0.25) is 0 Å². The third kappa shape index (κ3) is 4.81. The van der Waals surface area contributed by atoms with Crippen molar-refractivity contribution in [1.29, 1.82) is 0 Å². The van der Waals surface area contributed by atoms with Crippen LogP contribution in [-0.4, -0.2) is 42.9 Å². The Balaban J connectivity index is 1.26. The van der Waals surface area contributed by atoms with Crippen LogP contribution in [0.15, 0.2) is 18.2 Å². The van der Waals surface area contributed by atoms with Crippen molar-refractivity contribution in [3.63, 3.8) is 0 Å². The number of nitrogens with zero attached hydrogens (tertiary/aromatic N) is 1. The van der Waals surface area contributed by atoms with Gasteiger partial charge >= 0.3 is 0 Å². The van der Waals surface area contributed by atoms with Gasteiger partial charge in [-0.15, -0.1) is 0 Å². The lowest BCUT2D eigenvalue weighted by Gasteiger charge is -2.36. The molecule has 1 saturated heterocycles. The number of amides is 1. The minimum atomic E-state index is -0.0126. The van der Waals surface area contributed by atoms with E-state index in [1.165, 1.54) is 32.1 Å². The summed E-state index contributed by atoms with van der Waals surface area (Å²) in [6, 6.07) is 5.48. The van der Waals surface area contributed by atoms with Crippen molar-refractivity contribution < 1.29 is 19.1 Å². The van der Waals surface area contributed by atoms with Gasteiger partial charge in [0.05, 0.1) is 0 Å². The van der Waals surface area contributed by atoms with E-state index in [2.05, 4.69) is 6.92 Å². The molecule has 0 atom stereocenters. The smallest absolute Gasteiger partial charge is 0.225 e. The highest BCUT2D eigenvalue weighted by atomic mass is 16.6. The fraction of sp³-hybridized carbons (Fsp3) is 0.680. The van der Waals surface area contributed by atoms with Gasteiger partial charge in [0.15, 0.2) is 17.3 Å². The molecule has 0 bridgehead atoms. The number of hydrogen-bond donors (Lipinski definition) is 0. The number of Topliss-reactive ketones (excluding diaryl/α,β-unsaturated/α-hetero) is 1. The van der Waals surface area contributed by atoms with E-state index in [4.69, 9.17) is 9.47 Å². The van der Waals surface area contributed by atoms with Crippen LogP contribution in [-0.2, 0) is 4.79 Å². The molecule has 2 heterocycles. The van der Waals surface area contributed by atoms with Gasteiger partial charge in [-0.1, -0.05) is 26.2 Å². The maximum Gasteiger partial charge on any atom is 0.225 e. The van der Waals surface area contributed by atoms with E-state index in [-0.39, 0.29) is 17.6 Å². The lowest BCUT2D eigenvalue weighted by atomic mass is 9.79. The second-order valence-electron chi connectivity index (χ2n) is 9.18. The van der Waals surface area contributed by atoms with Gasteiger partial charge in [-0.25, -0.2) is 0 Å². The molecule has 2 fully saturated rings. The van der Waals surface area contributed by atoms with Gasteiger partial charge in [-0.3, -0.25) is 9.59 Å². The molecule has 0 N–H and O–H groups in total. The Morgan fingerprint density at radius 3 is 2.33 bits per heavy atom. The Hall–Kier alpha value is -2.04. The number of benzene rings is 1. The largest absolute Gasteiger partial charge is 0.486 e. The maximum atomic E-state index is 13.0. The van der Waals surface area contributed by atoms with Crippen LogP contribution >= 0.6 is 0 Å². The van der Waals surface area contributed by atoms with Crippen LogP contribution in [0, 0.1) is 17.8 Å². The third-order valence-corrected chi connectivity index (χ3v) is 7.17. The quantitative estimate of drug-likeness (QED) is 0.624. The molecule has 2 aliphatic heterocycles. The minimum absolute atomic E-state index is 0.0126.